The third kappa shape index (κ3) is 6.70. The van der Waals surface area contributed by atoms with E-state index >= 15 is 8.78 Å². The Morgan fingerprint density at radius 2 is 1.89 bits per heavy atom. The fourth-order valence-electron chi connectivity index (χ4n) is 6.42. The van der Waals surface area contributed by atoms with Gasteiger partial charge >= 0.3 is 5.92 Å². The molecule has 0 aromatic rings. The second-order valence-corrected chi connectivity index (χ2v) is 13.6. The number of halogens is 2. The van der Waals surface area contributed by atoms with Crippen molar-refractivity contribution >= 4 is 33.5 Å². The van der Waals surface area contributed by atoms with Crippen molar-refractivity contribution in [2.45, 2.75) is 75.9 Å². The Kier molecular flexibility index (Phi) is 8.75. The van der Waals surface area contributed by atoms with Crippen LogP contribution >= 0.6 is 0 Å². The van der Waals surface area contributed by atoms with Crippen LogP contribution in [0.25, 0.3) is 0 Å². The van der Waals surface area contributed by atoms with E-state index in [0.717, 1.165) is 6.26 Å². The molecule has 0 spiro atoms. The lowest BCUT2D eigenvalue weighted by Crippen LogP contribution is -2.53. The number of nitrogens with one attached hydrogen (secondary N) is 2. The van der Waals surface area contributed by atoms with Crippen LogP contribution in [0.5, 0.6) is 0 Å². The van der Waals surface area contributed by atoms with Crippen molar-refractivity contribution in [3.63, 3.8) is 0 Å². The molecule has 2 aliphatic heterocycles. The molecule has 13 heteroatoms. The highest BCUT2D eigenvalue weighted by atomic mass is 32.2. The first-order valence-electron chi connectivity index (χ1n) is 13.4. The van der Waals surface area contributed by atoms with Gasteiger partial charge in [-0.2, -0.15) is 8.78 Å². The number of alkyl halides is 2. The van der Waals surface area contributed by atoms with Gasteiger partial charge in [-0.3, -0.25) is 24.5 Å². The lowest BCUT2D eigenvalue weighted by molar-refractivity contribution is -0.159. The van der Waals surface area contributed by atoms with Crippen LogP contribution in [-0.2, 0) is 33.8 Å². The molecular weight excluding hydrogens is 524 g/mol. The number of hydrogen-bond acceptors (Lipinski definition) is 7. The largest absolute Gasteiger partial charge is 0.377 e. The van der Waals surface area contributed by atoms with Gasteiger partial charge in [-0.15, -0.1) is 0 Å². The number of likely N-dealkylation sites (tertiary alicyclic amines) is 1. The molecule has 4 rings (SSSR count). The summed E-state index contributed by atoms with van der Waals surface area (Å²) in [5.74, 6) is -7.42. The Balaban J connectivity index is 1.25. The lowest BCUT2D eigenvalue weighted by Gasteiger charge is -2.34. The molecule has 4 amide bonds. The van der Waals surface area contributed by atoms with Gasteiger partial charge in [0, 0.05) is 37.6 Å². The van der Waals surface area contributed by atoms with Crippen LogP contribution in [0.15, 0.2) is 0 Å². The number of imide groups is 1. The second-order valence-electron chi connectivity index (χ2n) is 11.3. The number of piperidine rings is 1. The smallest absolute Gasteiger partial charge is 0.327 e. The van der Waals surface area contributed by atoms with E-state index in [0.29, 0.717) is 45.1 Å². The van der Waals surface area contributed by atoms with Gasteiger partial charge in [0.25, 0.3) is 5.91 Å². The van der Waals surface area contributed by atoms with Crippen molar-refractivity contribution in [2.75, 3.05) is 31.7 Å². The van der Waals surface area contributed by atoms with Crippen molar-refractivity contribution in [2.24, 2.45) is 23.7 Å². The zero-order valence-corrected chi connectivity index (χ0v) is 22.4. The Morgan fingerprint density at radius 1 is 1.13 bits per heavy atom. The molecule has 2 aliphatic carbocycles. The number of rotatable bonds is 9. The summed E-state index contributed by atoms with van der Waals surface area (Å²) < 4.78 is 58.2. The molecule has 0 bridgehead atoms. The van der Waals surface area contributed by atoms with Crippen molar-refractivity contribution in [3.05, 3.63) is 0 Å². The minimum atomic E-state index is -3.57. The fourth-order valence-corrected chi connectivity index (χ4v) is 6.82. The average molecular weight is 562 g/mol. The third-order valence-electron chi connectivity index (χ3n) is 8.51. The van der Waals surface area contributed by atoms with Gasteiger partial charge in [-0.25, -0.2) is 8.42 Å². The highest BCUT2D eigenvalue weighted by Crippen LogP contribution is 2.42. The number of fused-ring (bicyclic) bond motifs is 1. The Labute approximate surface area is 221 Å². The highest BCUT2D eigenvalue weighted by Gasteiger charge is 2.50. The quantitative estimate of drug-likeness (QED) is 0.401. The number of nitrogens with zero attached hydrogens (tertiary/aromatic N) is 1. The maximum Gasteiger partial charge on any atom is 0.327 e. The first-order chi connectivity index (χ1) is 17.8. The van der Waals surface area contributed by atoms with Gasteiger partial charge in [-0.1, -0.05) is 6.42 Å². The number of amides is 4. The molecule has 2 heterocycles. The van der Waals surface area contributed by atoms with E-state index < -0.39 is 45.6 Å². The van der Waals surface area contributed by atoms with Crippen molar-refractivity contribution in [1.29, 1.82) is 0 Å². The predicted octanol–water partition coefficient (Wildman–Crippen LogP) is 1.04. The second kappa shape index (κ2) is 11.5. The van der Waals surface area contributed by atoms with E-state index in [2.05, 4.69) is 10.6 Å². The van der Waals surface area contributed by atoms with E-state index in [-0.39, 0.29) is 67.7 Å². The lowest BCUT2D eigenvalue weighted by atomic mass is 9.75. The summed E-state index contributed by atoms with van der Waals surface area (Å²) in [5, 5.41) is 4.72. The molecular formula is C25H37F2N3O7S. The standard InChI is InChI=1S/C25H37F2N3O7S/c1-38(35,36)10-9-37-18-4-2-3-17(12-18)25(26,27)24(34)28-13-15-5-6-19-16(11-15)14-30(23(19)33)20-7-8-21(31)29-22(20)32/h15-20H,2-14H2,1H3,(H,28,34)(H,29,31,32). The average Bonchev–Trinajstić information content (AvgIpc) is 3.17. The topological polar surface area (TPSA) is 139 Å². The SMILES string of the molecule is CS(=O)(=O)CCOC1CCCC(C(F)(F)C(=O)NCC2CCC3C(=O)N(C4CCC(=O)NC4=O)CC3C2)C1. The van der Waals surface area contributed by atoms with Crippen molar-refractivity contribution in [3.8, 4) is 0 Å². The van der Waals surface area contributed by atoms with E-state index in [1.807, 2.05) is 0 Å². The Morgan fingerprint density at radius 3 is 2.61 bits per heavy atom. The molecule has 6 atom stereocenters. The molecule has 214 valence electrons. The fraction of sp³-hybridized carbons (Fsp3) is 0.840. The van der Waals surface area contributed by atoms with Gasteiger partial charge < -0.3 is 15.0 Å². The van der Waals surface area contributed by atoms with Gasteiger partial charge in [0.2, 0.25) is 17.7 Å². The molecule has 4 aliphatic rings. The predicted molar refractivity (Wildman–Crippen MR) is 132 cm³/mol. The van der Waals surface area contributed by atoms with Crippen LogP contribution in [0.1, 0.15) is 57.8 Å². The number of carbonyl (C=O) groups excluding carboxylic acids is 4. The molecule has 4 fully saturated rings. The molecule has 0 radical (unpaired) electrons. The molecule has 6 unspecified atom stereocenters. The maximum absolute atomic E-state index is 15.1. The van der Waals surface area contributed by atoms with E-state index in [1.54, 1.807) is 4.90 Å². The Bertz CT molecular complexity index is 1050. The highest BCUT2D eigenvalue weighted by molar-refractivity contribution is 7.90. The van der Waals surface area contributed by atoms with Gasteiger partial charge in [0.15, 0.2) is 0 Å². The molecule has 2 saturated carbocycles. The van der Waals surface area contributed by atoms with Crippen LogP contribution in [0.3, 0.4) is 0 Å². The van der Waals surface area contributed by atoms with Crippen LogP contribution in [0.2, 0.25) is 0 Å². The molecule has 10 nitrogen and oxygen atoms in total. The van der Waals surface area contributed by atoms with E-state index in [9.17, 15) is 27.6 Å². The number of hydrogen-bond donors (Lipinski definition) is 2. The summed E-state index contributed by atoms with van der Waals surface area (Å²) in [6.45, 7) is 0.422. The van der Waals surface area contributed by atoms with Gasteiger partial charge in [0.1, 0.15) is 15.9 Å². The van der Waals surface area contributed by atoms with Crippen LogP contribution in [0.4, 0.5) is 8.78 Å². The molecule has 2 saturated heterocycles. The summed E-state index contributed by atoms with van der Waals surface area (Å²) in [6.07, 6.45) is 4.06. The molecule has 0 aromatic carbocycles. The molecule has 2 N–H and O–H groups in total. The summed E-state index contributed by atoms with van der Waals surface area (Å²) in [5.41, 5.74) is 0. The zero-order chi connectivity index (χ0) is 27.7. The summed E-state index contributed by atoms with van der Waals surface area (Å²) in [4.78, 5) is 50.7. The number of sulfone groups is 1. The van der Waals surface area contributed by atoms with Gasteiger partial charge in [0.05, 0.1) is 18.5 Å². The number of ether oxygens (including phenoxy) is 1. The van der Waals surface area contributed by atoms with Crippen LogP contribution < -0.4 is 10.6 Å². The van der Waals surface area contributed by atoms with E-state index in [4.69, 9.17) is 4.74 Å². The minimum absolute atomic E-state index is 0.00431. The number of carbonyl (C=O) groups is 4. The molecule has 0 aromatic heterocycles. The van der Waals surface area contributed by atoms with Crippen molar-refractivity contribution in [1.82, 2.24) is 15.5 Å². The normalized spacial score (nSPS) is 32.6. The summed E-state index contributed by atoms with van der Waals surface area (Å²) in [7, 11) is -3.21. The first-order valence-corrected chi connectivity index (χ1v) is 15.5. The van der Waals surface area contributed by atoms with Gasteiger partial charge in [-0.05, 0) is 56.8 Å². The minimum Gasteiger partial charge on any atom is -0.377 e. The van der Waals surface area contributed by atoms with Crippen LogP contribution in [0, 0.1) is 23.7 Å². The zero-order valence-electron chi connectivity index (χ0n) is 21.6. The maximum atomic E-state index is 15.1. The van der Waals surface area contributed by atoms with Crippen LogP contribution in [-0.4, -0.2) is 86.7 Å². The first kappa shape index (κ1) is 28.8. The summed E-state index contributed by atoms with van der Waals surface area (Å²) >= 11 is 0. The summed E-state index contributed by atoms with van der Waals surface area (Å²) in [6, 6.07) is -0.655. The monoisotopic (exact) mass is 561 g/mol. The van der Waals surface area contributed by atoms with Crippen molar-refractivity contribution < 1.29 is 41.1 Å². The Hall–Kier alpha value is -2.15. The third-order valence-corrected chi connectivity index (χ3v) is 9.42. The molecule has 38 heavy (non-hydrogen) atoms. The van der Waals surface area contributed by atoms with E-state index in [1.165, 1.54) is 0 Å².